The minimum atomic E-state index is 0.337. The van der Waals surface area contributed by atoms with Crippen LogP contribution in [0.2, 0.25) is 0 Å². The molecule has 0 saturated carbocycles. The fourth-order valence-electron chi connectivity index (χ4n) is 1.96. The molecule has 0 aliphatic rings. The molecule has 0 fully saturated rings. The lowest BCUT2D eigenvalue weighted by Crippen LogP contribution is -2.22. The van der Waals surface area contributed by atoms with Gasteiger partial charge in [0.15, 0.2) is 0 Å². The highest BCUT2D eigenvalue weighted by Gasteiger charge is 2.16. The molecule has 1 atom stereocenters. The fourth-order valence-corrected chi connectivity index (χ4v) is 3.49. The van der Waals surface area contributed by atoms with Gasteiger partial charge in [0, 0.05) is 22.9 Å². The van der Waals surface area contributed by atoms with E-state index in [0.717, 1.165) is 18.7 Å². The smallest absolute Gasteiger partial charge is 0.105 e. The Balaban J connectivity index is 2.15. The van der Waals surface area contributed by atoms with Gasteiger partial charge in [-0.2, -0.15) is 0 Å². The topological polar surface area (TPSA) is 25.2 Å². The van der Waals surface area contributed by atoms with Crippen LogP contribution in [-0.4, -0.2) is 6.54 Å². The van der Waals surface area contributed by atoms with Gasteiger partial charge in [0.05, 0.1) is 10.0 Å². The lowest BCUT2D eigenvalue weighted by atomic mass is 10.0. The van der Waals surface area contributed by atoms with E-state index < -0.39 is 0 Å². The van der Waals surface area contributed by atoms with Crippen molar-refractivity contribution in [3.05, 3.63) is 44.4 Å². The quantitative estimate of drug-likeness (QED) is 0.890. The number of likely N-dealkylation sites (N-methyl/N-ethyl adjacent to an activating group) is 1. The summed E-state index contributed by atoms with van der Waals surface area (Å²) in [6, 6.07) is 6.68. The molecule has 2 rings (SSSR count). The average molecular weight is 314 g/mol. The van der Waals surface area contributed by atoms with Crippen LogP contribution in [-0.2, 0) is 6.42 Å². The van der Waals surface area contributed by atoms with E-state index in [0.29, 0.717) is 6.04 Å². The van der Waals surface area contributed by atoms with Crippen molar-refractivity contribution in [3.8, 4) is 0 Å². The van der Waals surface area contributed by atoms with E-state index >= 15 is 0 Å². The fraction of sp³-hybridized carbons (Fsp3) is 0.385. The molecular weight excluding hydrogens is 298 g/mol. The Bertz CT molecular complexity index is 477. The zero-order valence-electron chi connectivity index (χ0n) is 10.00. The molecule has 0 aliphatic heterocycles. The van der Waals surface area contributed by atoms with Gasteiger partial charge >= 0.3 is 0 Å². The lowest BCUT2D eigenvalue weighted by Gasteiger charge is -2.16. The molecule has 4 heteroatoms. The van der Waals surface area contributed by atoms with Crippen molar-refractivity contribution in [3.63, 3.8) is 0 Å². The highest BCUT2D eigenvalue weighted by Crippen LogP contribution is 2.28. The van der Waals surface area contributed by atoms with Gasteiger partial charge in [-0.25, -0.2) is 0 Å². The first kappa shape index (κ1) is 12.9. The van der Waals surface area contributed by atoms with Crippen LogP contribution in [0.4, 0.5) is 0 Å². The van der Waals surface area contributed by atoms with Crippen molar-refractivity contribution in [1.82, 2.24) is 5.32 Å². The maximum atomic E-state index is 5.39. The summed E-state index contributed by atoms with van der Waals surface area (Å²) in [4.78, 5) is 1.38. The molecule has 0 spiro atoms. The first-order chi connectivity index (χ1) is 8.20. The largest absolute Gasteiger partial charge is 0.469 e. The second kappa shape index (κ2) is 5.85. The van der Waals surface area contributed by atoms with Crippen molar-refractivity contribution in [1.29, 1.82) is 0 Å². The molecule has 92 valence electrons. The van der Waals surface area contributed by atoms with Gasteiger partial charge in [-0.1, -0.05) is 6.92 Å². The van der Waals surface area contributed by atoms with Gasteiger partial charge in [-0.15, -0.1) is 11.3 Å². The predicted octanol–water partition coefficient (Wildman–Crippen LogP) is 4.31. The Hall–Kier alpha value is -0.580. The number of aryl methyl sites for hydroxylation is 1. The van der Waals surface area contributed by atoms with Crippen LogP contribution in [0, 0.1) is 6.92 Å². The van der Waals surface area contributed by atoms with Gasteiger partial charge in [0.1, 0.15) is 5.76 Å². The van der Waals surface area contributed by atoms with E-state index in [1.54, 1.807) is 17.6 Å². The van der Waals surface area contributed by atoms with E-state index in [2.05, 4.69) is 46.4 Å². The summed E-state index contributed by atoms with van der Waals surface area (Å²) in [6.45, 7) is 5.11. The van der Waals surface area contributed by atoms with Crippen molar-refractivity contribution in [2.45, 2.75) is 26.3 Å². The predicted molar refractivity (Wildman–Crippen MR) is 75.6 cm³/mol. The number of nitrogens with one attached hydrogen (secondary N) is 1. The second-order valence-electron chi connectivity index (χ2n) is 3.95. The van der Waals surface area contributed by atoms with Gasteiger partial charge in [0.2, 0.25) is 0 Å². The van der Waals surface area contributed by atoms with Crippen LogP contribution >= 0.6 is 27.3 Å². The molecule has 2 aromatic rings. The van der Waals surface area contributed by atoms with Gasteiger partial charge in [-0.05, 0) is 47.6 Å². The molecule has 17 heavy (non-hydrogen) atoms. The number of furan rings is 1. The van der Waals surface area contributed by atoms with Crippen molar-refractivity contribution in [2.24, 2.45) is 0 Å². The normalized spacial score (nSPS) is 12.9. The Kier molecular flexibility index (Phi) is 4.42. The monoisotopic (exact) mass is 313 g/mol. The SMILES string of the molecule is CCNC(Cc1ccc(Br)s1)c1ccoc1C. The number of halogens is 1. The Labute approximate surface area is 114 Å². The molecule has 0 aromatic carbocycles. The third-order valence-corrected chi connectivity index (χ3v) is 4.41. The molecule has 0 bridgehead atoms. The summed E-state index contributed by atoms with van der Waals surface area (Å²) < 4.78 is 6.58. The van der Waals surface area contributed by atoms with Gasteiger partial charge < -0.3 is 9.73 Å². The molecule has 0 radical (unpaired) electrons. The maximum Gasteiger partial charge on any atom is 0.105 e. The molecule has 1 N–H and O–H groups in total. The summed E-state index contributed by atoms with van der Waals surface area (Å²) in [7, 11) is 0. The Morgan fingerprint density at radius 3 is 2.76 bits per heavy atom. The molecule has 2 aromatic heterocycles. The molecule has 0 saturated heterocycles. The number of rotatable bonds is 5. The molecule has 2 heterocycles. The van der Waals surface area contributed by atoms with Crippen molar-refractivity contribution >= 4 is 27.3 Å². The van der Waals surface area contributed by atoms with Crippen LogP contribution in [0.25, 0.3) is 0 Å². The standard InChI is InChI=1S/C13H16BrNOS/c1-3-15-12(11-6-7-16-9(11)2)8-10-4-5-13(14)17-10/h4-7,12,15H,3,8H2,1-2H3. The summed E-state index contributed by atoms with van der Waals surface area (Å²) in [5, 5.41) is 3.51. The van der Waals surface area contributed by atoms with E-state index in [4.69, 9.17) is 4.42 Å². The van der Waals surface area contributed by atoms with Crippen LogP contribution in [0.1, 0.15) is 29.2 Å². The zero-order valence-corrected chi connectivity index (χ0v) is 12.4. The summed E-state index contributed by atoms with van der Waals surface area (Å²) in [5.74, 6) is 1.01. The highest BCUT2D eigenvalue weighted by molar-refractivity contribution is 9.11. The second-order valence-corrected chi connectivity index (χ2v) is 6.50. The Morgan fingerprint density at radius 1 is 1.41 bits per heavy atom. The molecular formula is C13H16BrNOS. The molecule has 1 unspecified atom stereocenters. The zero-order chi connectivity index (χ0) is 12.3. The lowest BCUT2D eigenvalue weighted by molar-refractivity contribution is 0.503. The third kappa shape index (κ3) is 3.21. The first-order valence-corrected chi connectivity index (χ1v) is 7.33. The van der Waals surface area contributed by atoms with Crippen LogP contribution < -0.4 is 5.32 Å². The van der Waals surface area contributed by atoms with E-state index in [1.165, 1.54) is 14.2 Å². The van der Waals surface area contributed by atoms with Crippen LogP contribution in [0.3, 0.4) is 0 Å². The maximum absolute atomic E-state index is 5.39. The van der Waals surface area contributed by atoms with Crippen molar-refractivity contribution < 1.29 is 4.42 Å². The van der Waals surface area contributed by atoms with Crippen LogP contribution in [0.15, 0.2) is 32.7 Å². The third-order valence-electron chi connectivity index (χ3n) is 2.76. The van der Waals surface area contributed by atoms with E-state index in [-0.39, 0.29) is 0 Å². The number of hydrogen-bond acceptors (Lipinski definition) is 3. The number of thiophene rings is 1. The minimum absolute atomic E-state index is 0.337. The first-order valence-electron chi connectivity index (χ1n) is 5.72. The molecule has 2 nitrogen and oxygen atoms in total. The molecule has 0 amide bonds. The van der Waals surface area contributed by atoms with Crippen molar-refractivity contribution in [2.75, 3.05) is 6.54 Å². The summed E-state index contributed by atoms with van der Waals surface area (Å²) >= 11 is 5.29. The van der Waals surface area contributed by atoms with Gasteiger partial charge in [-0.3, -0.25) is 0 Å². The van der Waals surface area contributed by atoms with E-state index in [1.807, 2.05) is 6.92 Å². The average Bonchev–Trinajstić information content (AvgIpc) is 2.87. The van der Waals surface area contributed by atoms with Crippen LogP contribution in [0.5, 0.6) is 0 Å². The highest BCUT2D eigenvalue weighted by atomic mass is 79.9. The van der Waals surface area contributed by atoms with E-state index in [9.17, 15) is 0 Å². The molecule has 0 aliphatic carbocycles. The minimum Gasteiger partial charge on any atom is -0.469 e. The summed E-state index contributed by atoms with van der Waals surface area (Å²) in [5.41, 5.74) is 1.26. The Morgan fingerprint density at radius 2 is 2.24 bits per heavy atom. The van der Waals surface area contributed by atoms with Gasteiger partial charge in [0.25, 0.3) is 0 Å². The summed E-state index contributed by atoms with van der Waals surface area (Å²) in [6.07, 6.45) is 2.77. The number of hydrogen-bond donors (Lipinski definition) is 1.